The Morgan fingerprint density at radius 3 is 2.50 bits per heavy atom. The first kappa shape index (κ1) is 20.5. The highest BCUT2D eigenvalue weighted by Gasteiger charge is 2.19. The molecule has 0 radical (unpaired) electrons. The summed E-state index contributed by atoms with van der Waals surface area (Å²) in [4.78, 5) is 11.7. The molecule has 0 aliphatic carbocycles. The van der Waals surface area contributed by atoms with E-state index in [0.29, 0.717) is 6.42 Å². The SMILES string of the molecule is COC(=O)CC(C)Cc1c(C)n(Cc2ccc(Br)cc2)c2ccc(OC)cc12. The van der Waals surface area contributed by atoms with Gasteiger partial charge in [0.15, 0.2) is 0 Å². The molecule has 3 aromatic rings. The maximum atomic E-state index is 11.7. The first-order chi connectivity index (χ1) is 13.4. The molecule has 0 saturated heterocycles. The van der Waals surface area contributed by atoms with Crippen LogP contribution in [0.2, 0.25) is 0 Å². The Balaban J connectivity index is 2.02. The third kappa shape index (κ3) is 4.41. The quantitative estimate of drug-likeness (QED) is 0.451. The summed E-state index contributed by atoms with van der Waals surface area (Å²) in [7, 11) is 3.13. The molecular weight excluding hydrogens is 418 g/mol. The van der Waals surface area contributed by atoms with E-state index in [2.05, 4.69) is 70.7 Å². The van der Waals surface area contributed by atoms with Crippen molar-refractivity contribution in [3.63, 3.8) is 0 Å². The lowest BCUT2D eigenvalue weighted by Crippen LogP contribution is -2.10. The summed E-state index contributed by atoms with van der Waals surface area (Å²) < 4.78 is 13.7. The fourth-order valence-electron chi connectivity index (χ4n) is 3.68. The fraction of sp³-hybridized carbons (Fsp3) is 0.348. The molecule has 0 N–H and O–H groups in total. The van der Waals surface area contributed by atoms with Gasteiger partial charge in [-0.1, -0.05) is 35.0 Å². The van der Waals surface area contributed by atoms with Crippen LogP contribution in [0.5, 0.6) is 5.75 Å². The number of hydrogen-bond acceptors (Lipinski definition) is 3. The van der Waals surface area contributed by atoms with Crippen LogP contribution in [0, 0.1) is 12.8 Å². The minimum atomic E-state index is -0.165. The zero-order valence-electron chi connectivity index (χ0n) is 16.8. The van der Waals surface area contributed by atoms with Crippen molar-refractivity contribution in [3.8, 4) is 5.75 Å². The van der Waals surface area contributed by atoms with Crippen molar-refractivity contribution in [3.05, 3.63) is 63.8 Å². The zero-order valence-corrected chi connectivity index (χ0v) is 18.4. The van der Waals surface area contributed by atoms with Gasteiger partial charge in [0.2, 0.25) is 0 Å². The number of esters is 1. The van der Waals surface area contributed by atoms with E-state index in [1.54, 1.807) is 7.11 Å². The molecule has 0 aliphatic rings. The molecule has 1 aromatic heterocycles. The molecule has 148 valence electrons. The number of nitrogens with zero attached hydrogens (tertiary/aromatic N) is 1. The van der Waals surface area contributed by atoms with Gasteiger partial charge in [0.25, 0.3) is 0 Å². The number of carbonyl (C=O) groups is 1. The van der Waals surface area contributed by atoms with E-state index < -0.39 is 0 Å². The predicted octanol–water partition coefficient (Wildman–Crippen LogP) is 5.51. The van der Waals surface area contributed by atoms with Crippen LogP contribution < -0.4 is 4.74 Å². The highest BCUT2D eigenvalue weighted by molar-refractivity contribution is 9.10. The molecule has 2 aromatic carbocycles. The average Bonchev–Trinajstić information content (AvgIpc) is 2.94. The number of ether oxygens (including phenoxy) is 2. The third-order valence-electron chi connectivity index (χ3n) is 5.21. The minimum Gasteiger partial charge on any atom is -0.497 e. The van der Waals surface area contributed by atoms with E-state index in [0.717, 1.165) is 23.2 Å². The monoisotopic (exact) mass is 443 g/mol. The molecule has 0 spiro atoms. The summed E-state index contributed by atoms with van der Waals surface area (Å²) in [6.07, 6.45) is 1.23. The summed E-state index contributed by atoms with van der Waals surface area (Å²) in [5.74, 6) is 0.876. The van der Waals surface area contributed by atoms with Gasteiger partial charge in [-0.25, -0.2) is 0 Å². The summed E-state index contributed by atoms with van der Waals surface area (Å²) >= 11 is 3.50. The summed E-state index contributed by atoms with van der Waals surface area (Å²) in [5, 5.41) is 1.19. The normalized spacial score (nSPS) is 12.2. The number of methoxy groups -OCH3 is 2. The van der Waals surface area contributed by atoms with Gasteiger partial charge in [-0.3, -0.25) is 4.79 Å². The number of rotatable bonds is 7. The maximum Gasteiger partial charge on any atom is 0.305 e. The van der Waals surface area contributed by atoms with Gasteiger partial charge < -0.3 is 14.0 Å². The van der Waals surface area contributed by atoms with Gasteiger partial charge in [0.05, 0.1) is 14.2 Å². The van der Waals surface area contributed by atoms with Crippen molar-refractivity contribution in [2.24, 2.45) is 5.92 Å². The molecule has 5 heteroatoms. The first-order valence-corrected chi connectivity index (χ1v) is 10.2. The molecule has 1 atom stereocenters. The lowest BCUT2D eigenvalue weighted by atomic mass is 9.96. The second kappa shape index (κ2) is 8.82. The van der Waals surface area contributed by atoms with Gasteiger partial charge in [-0.05, 0) is 60.7 Å². The van der Waals surface area contributed by atoms with Crippen LogP contribution in [0.1, 0.15) is 30.2 Å². The summed E-state index contributed by atoms with van der Waals surface area (Å²) in [6, 6.07) is 14.6. The van der Waals surface area contributed by atoms with E-state index in [1.807, 2.05) is 6.07 Å². The van der Waals surface area contributed by atoms with E-state index in [4.69, 9.17) is 9.47 Å². The van der Waals surface area contributed by atoms with Crippen LogP contribution in [0.15, 0.2) is 46.9 Å². The maximum absolute atomic E-state index is 11.7. The standard InChI is InChI=1S/C23H26BrNO3/c1-15(12-23(26)28-4)11-20-16(2)25(14-17-5-7-18(24)8-6-17)22-10-9-19(27-3)13-21(20)22/h5-10,13,15H,11-12,14H2,1-4H3. The van der Waals surface area contributed by atoms with Crippen LogP contribution in [0.3, 0.4) is 0 Å². The number of hydrogen-bond donors (Lipinski definition) is 0. The Labute approximate surface area is 174 Å². The zero-order chi connectivity index (χ0) is 20.3. The average molecular weight is 444 g/mol. The van der Waals surface area contributed by atoms with Crippen molar-refractivity contribution in [2.45, 2.75) is 33.2 Å². The van der Waals surface area contributed by atoms with E-state index >= 15 is 0 Å². The van der Waals surface area contributed by atoms with E-state index in [9.17, 15) is 4.79 Å². The molecule has 0 amide bonds. The highest BCUT2D eigenvalue weighted by Crippen LogP contribution is 2.32. The minimum absolute atomic E-state index is 0.165. The van der Waals surface area contributed by atoms with Crippen LogP contribution in [-0.2, 0) is 22.5 Å². The summed E-state index contributed by atoms with van der Waals surface area (Å²) in [6.45, 7) is 5.05. The number of aromatic nitrogens is 1. The van der Waals surface area contributed by atoms with Gasteiger partial charge >= 0.3 is 5.97 Å². The lowest BCUT2D eigenvalue weighted by molar-refractivity contribution is -0.141. The van der Waals surface area contributed by atoms with Crippen molar-refractivity contribution in [1.29, 1.82) is 0 Å². The van der Waals surface area contributed by atoms with Crippen LogP contribution in [-0.4, -0.2) is 24.8 Å². The molecule has 0 fully saturated rings. The molecule has 28 heavy (non-hydrogen) atoms. The Morgan fingerprint density at radius 1 is 1.14 bits per heavy atom. The Morgan fingerprint density at radius 2 is 1.86 bits per heavy atom. The topological polar surface area (TPSA) is 40.5 Å². The molecule has 1 unspecified atom stereocenters. The largest absolute Gasteiger partial charge is 0.497 e. The fourth-order valence-corrected chi connectivity index (χ4v) is 3.94. The van der Waals surface area contributed by atoms with Crippen LogP contribution >= 0.6 is 15.9 Å². The van der Waals surface area contributed by atoms with E-state index in [1.165, 1.54) is 34.8 Å². The third-order valence-corrected chi connectivity index (χ3v) is 5.74. The second-order valence-electron chi connectivity index (χ2n) is 7.25. The molecule has 3 rings (SSSR count). The highest BCUT2D eigenvalue weighted by atomic mass is 79.9. The lowest BCUT2D eigenvalue weighted by Gasteiger charge is -2.12. The predicted molar refractivity (Wildman–Crippen MR) is 116 cm³/mol. The second-order valence-corrected chi connectivity index (χ2v) is 8.16. The molecule has 0 aliphatic heterocycles. The van der Waals surface area contributed by atoms with Crippen molar-refractivity contribution < 1.29 is 14.3 Å². The van der Waals surface area contributed by atoms with Crippen molar-refractivity contribution >= 4 is 32.8 Å². The number of fused-ring (bicyclic) bond motifs is 1. The van der Waals surface area contributed by atoms with E-state index in [-0.39, 0.29) is 11.9 Å². The molecule has 1 heterocycles. The molecule has 4 nitrogen and oxygen atoms in total. The van der Waals surface area contributed by atoms with Gasteiger partial charge in [-0.2, -0.15) is 0 Å². The Kier molecular flexibility index (Phi) is 6.45. The number of benzene rings is 2. The van der Waals surface area contributed by atoms with Crippen LogP contribution in [0.25, 0.3) is 10.9 Å². The molecule has 0 saturated carbocycles. The van der Waals surface area contributed by atoms with Crippen LogP contribution in [0.4, 0.5) is 0 Å². The number of halogens is 1. The summed E-state index contributed by atoms with van der Waals surface area (Å²) in [5.41, 5.74) is 4.92. The van der Waals surface area contributed by atoms with Gasteiger partial charge in [0.1, 0.15) is 5.75 Å². The Hall–Kier alpha value is -2.27. The van der Waals surface area contributed by atoms with Crippen molar-refractivity contribution in [1.82, 2.24) is 4.57 Å². The van der Waals surface area contributed by atoms with Crippen molar-refractivity contribution in [2.75, 3.05) is 14.2 Å². The Bertz CT molecular complexity index is 976. The first-order valence-electron chi connectivity index (χ1n) is 9.40. The molecular formula is C23H26BrNO3. The molecule has 0 bridgehead atoms. The smallest absolute Gasteiger partial charge is 0.305 e. The van der Waals surface area contributed by atoms with Gasteiger partial charge in [-0.15, -0.1) is 0 Å². The van der Waals surface area contributed by atoms with Gasteiger partial charge in [0, 0.05) is 34.0 Å². The number of carbonyl (C=O) groups excluding carboxylic acids is 1.